The smallest absolute Gasteiger partial charge is 0.124 e. The fourth-order valence-corrected chi connectivity index (χ4v) is 1.94. The molecule has 0 fully saturated rings. The quantitative estimate of drug-likeness (QED) is 0.776. The number of aryl methyl sites for hydroxylation is 1. The predicted octanol–water partition coefficient (Wildman–Crippen LogP) is 1.85. The molecule has 0 heterocycles. The fourth-order valence-electron chi connectivity index (χ4n) is 1.33. The van der Waals surface area contributed by atoms with Crippen LogP contribution in [0.5, 0.6) is 5.75 Å². The minimum absolute atomic E-state index is 0.0149. The third-order valence-electron chi connectivity index (χ3n) is 2.18. The molecule has 14 heavy (non-hydrogen) atoms. The standard InChI is InChI=1S/C10H14BrNO2/c1-6-2-3-7(11)9(10(6)14)8(12)4-5-13/h2-3,8,13-14H,4-5,12H2,1H3/t8-/m0/s1. The zero-order valence-electron chi connectivity index (χ0n) is 8.00. The molecule has 0 spiro atoms. The van der Waals surface area contributed by atoms with E-state index in [2.05, 4.69) is 15.9 Å². The fraction of sp³-hybridized carbons (Fsp3) is 0.400. The SMILES string of the molecule is Cc1ccc(Br)c([C@@H](N)CCO)c1O. The van der Waals surface area contributed by atoms with Gasteiger partial charge in [-0.25, -0.2) is 0 Å². The molecule has 0 saturated heterocycles. The number of rotatable bonds is 3. The minimum Gasteiger partial charge on any atom is -0.507 e. The van der Waals surface area contributed by atoms with Crippen molar-refractivity contribution in [1.82, 2.24) is 0 Å². The average molecular weight is 260 g/mol. The maximum absolute atomic E-state index is 9.78. The van der Waals surface area contributed by atoms with Crippen LogP contribution < -0.4 is 5.73 Å². The monoisotopic (exact) mass is 259 g/mol. The molecule has 4 heteroatoms. The maximum Gasteiger partial charge on any atom is 0.124 e. The second-order valence-electron chi connectivity index (χ2n) is 3.25. The highest BCUT2D eigenvalue weighted by Gasteiger charge is 2.15. The maximum atomic E-state index is 9.78. The Balaban J connectivity index is 3.11. The highest BCUT2D eigenvalue weighted by Crippen LogP contribution is 2.34. The molecule has 4 N–H and O–H groups in total. The van der Waals surface area contributed by atoms with Gasteiger partial charge in [-0.05, 0) is 25.0 Å². The molecule has 0 saturated carbocycles. The highest BCUT2D eigenvalue weighted by atomic mass is 79.9. The number of aliphatic hydroxyl groups is 1. The number of halogens is 1. The summed E-state index contributed by atoms with van der Waals surface area (Å²) in [7, 11) is 0. The molecular weight excluding hydrogens is 246 g/mol. The summed E-state index contributed by atoms with van der Waals surface area (Å²) in [5.74, 6) is 0.209. The van der Waals surface area contributed by atoms with E-state index in [-0.39, 0.29) is 18.4 Å². The summed E-state index contributed by atoms with van der Waals surface area (Å²) in [6.45, 7) is 1.83. The third kappa shape index (κ3) is 2.26. The molecule has 0 aliphatic rings. The van der Waals surface area contributed by atoms with Crippen molar-refractivity contribution >= 4 is 15.9 Å². The summed E-state index contributed by atoms with van der Waals surface area (Å²) in [5.41, 5.74) is 7.28. The van der Waals surface area contributed by atoms with Crippen molar-refractivity contribution in [3.05, 3.63) is 27.7 Å². The van der Waals surface area contributed by atoms with Gasteiger partial charge in [0.15, 0.2) is 0 Å². The lowest BCUT2D eigenvalue weighted by Crippen LogP contribution is -2.13. The van der Waals surface area contributed by atoms with Crippen LogP contribution in [0.15, 0.2) is 16.6 Å². The van der Waals surface area contributed by atoms with Crippen LogP contribution in [0.4, 0.5) is 0 Å². The molecule has 1 rings (SSSR count). The van der Waals surface area contributed by atoms with Crippen LogP contribution in [-0.2, 0) is 0 Å². The van der Waals surface area contributed by atoms with Gasteiger partial charge in [0.25, 0.3) is 0 Å². The van der Waals surface area contributed by atoms with E-state index in [1.54, 1.807) is 0 Å². The summed E-state index contributed by atoms with van der Waals surface area (Å²) in [5, 5.41) is 18.6. The Morgan fingerprint density at radius 2 is 2.14 bits per heavy atom. The van der Waals surface area contributed by atoms with Crippen molar-refractivity contribution in [3.8, 4) is 5.75 Å². The van der Waals surface area contributed by atoms with E-state index in [9.17, 15) is 5.11 Å². The Bertz CT molecular complexity index is 328. The molecule has 3 nitrogen and oxygen atoms in total. The first-order valence-electron chi connectivity index (χ1n) is 4.42. The van der Waals surface area contributed by atoms with Gasteiger partial charge in [0.2, 0.25) is 0 Å². The first-order valence-corrected chi connectivity index (χ1v) is 5.21. The lowest BCUT2D eigenvalue weighted by atomic mass is 10.0. The van der Waals surface area contributed by atoms with Crippen LogP contribution in [0.2, 0.25) is 0 Å². The van der Waals surface area contributed by atoms with Gasteiger partial charge in [0.05, 0.1) is 0 Å². The lowest BCUT2D eigenvalue weighted by molar-refractivity contribution is 0.275. The van der Waals surface area contributed by atoms with Gasteiger partial charge >= 0.3 is 0 Å². The second-order valence-corrected chi connectivity index (χ2v) is 4.10. The predicted molar refractivity (Wildman–Crippen MR) is 59.2 cm³/mol. The third-order valence-corrected chi connectivity index (χ3v) is 2.87. The molecule has 0 aliphatic carbocycles. The van der Waals surface area contributed by atoms with Crippen LogP contribution >= 0.6 is 15.9 Å². The van der Waals surface area contributed by atoms with Gasteiger partial charge in [-0.2, -0.15) is 0 Å². The molecule has 1 atom stereocenters. The van der Waals surface area contributed by atoms with E-state index >= 15 is 0 Å². The Morgan fingerprint density at radius 1 is 1.50 bits per heavy atom. The Hall–Kier alpha value is -0.580. The normalized spacial score (nSPS) is 12.9. The van der Waals surface area contributed by atoms with Gasteiger partial charge in [-0.1, -0.05) is 22.0 Å². The molecule has 0 unspecified atom stereocenters. The lowest BCUT2D eigenvalue weighted by Gasteiger charge is -2.15. The number of aliphatic hydroxyl groups excluding tert-OH is 1. The Labute approximate surface area is 91.7 Å². The number of aromatic hydroxyl groups is 1. The number of hydrogen-bond acceptors (Lipinski definition) is 3. The summed E-state index contributed by atoms with van der Waals surface area (Å²) in [6.07, 6.45) is 0.440. The molecule has 0 aliphatic heterocycles. The summed E-state index contributed by atoms with van der Waals surface area (Å²) >= 11 is 3.33. The second kappa shape index (κ2) is 4.77. The molecule has 0 bridgehead atoms. The van der Waals surface area contributed by atoms with Crippen molar-refractivity contribution in [2.24, 2.45) is 5.73 Å². The molecule has 0 amide bonds. The highest BCUT2D eigenvalue weighted by molar-refractivity contribution is 9.10. The van der Waals surface area contributed by atoms with Crippen molar-refractivity contribution in [2.75, 3.05) is 6.61 Å². The van der Waals surface area contributed by atoms with Crippen LogP contribution in [0, 0.1) is 6.92 Å². The van der Waals surface area contributed by atoms with Crippen LogP contribution in [0.1, 0.15) is 23.6 Å². The van der Waals surface area contributed by atoms with Crippen LogP contribution in [-0.4, -0.2) is 16.8 Å². The van der Waals surface area contributed by atoms with E-state index in [1.807, 2.05) is 19.1 Å². The first-order chi connectivity index (χ1) is 6.57. The number of benzene rings is 1. The number of nitrogens with two attached hydrogens (primary N) is 1. The topological polar surface area (TPSA) is 66.5 Å². The molecule has 1 aromatic carbocycles. The van der Waals surface area contributed by atoms with Gasteiger partial charge < -0.3 is 15.9 Å². The zero-order valence-corrected chi connectivity index (χ0v) is 9.58. The molecule has 0 radical (unpaired) electrons. The number of hydrogen-bond donors (Lipinski definition) is 3. The zero-order chi connectivity index (χ0) is 10.7. The average Bonchev–Trinajstić information content (AvgIpc) is 2.13. The summed E-state index contributed by atoms with van der Waals surface area (Å²) < 4.78 is 0.779. The van der Waals surface area contributed by atoms with E-state index in [0.29, 0.717) is 12.0 Å². The summed E-state index contributed by atoms with van der Waals surface area (Å²) in [4.78, 5) is 0. The summed E-state index contributed by atoms with van der Waals surface area (Å²) in [6, 6.07) is 3.32. The van der Waals surface area contributed by atoms with Gasteiger partial charge in [-0.3, -0.25) is 0 Å². The van der Waals surface area contributed by atoms with E-state index < -0.39 is 0 Å². The first kappa shape index (κ1) is 11.5. The van der Waals surface area contributed by atoms with Gasteiger partial charge in [-0.15, -0.1) is 0 Å². The van der Waals surface area contributed by atoms with Gasteiger partial charge in [0, 0.05) is 22.7 Å². The van der Waals surface area contributed by atoms with Crippen molar-refractivity contribution in [1.29, 1.82) is 0 Å². The van der Waals surface area contributed by atoms with Crippen molar-refractivity contribution < 1.29 is 10.2 Å². The minimum atomic E-state index is -0.339. The number of phenols is 1. The van der Waals surface area contributed by atoms with Gasteiger partial charge in [0.1, 0.15) is 5.75 Å². The molecule has 1 aromatic rings. The van der Waals surface area contributed by atoms with Crippen LogP contribution in [0.3, 0.4) is 0 Å². The van der Waals surface area contributed by atoms with E-state index in [0.717, 1.165) is 10.0 Å². The molecule has 0 aromatic heterocycles. The van der Waals surface area contributed by atoms with Crippen molar-refractivity contribution in [3.63, 3.8) is 0 Å². The van der Waals surface area contributed by atoms with Crippen LogP contribution in [0.25, 0.3) is 0 Å². The molecule has 78 valence electrons. The largest absolute Gasteiger partial charge is 0.507 e. The van der Waals surface area contributed by atoms with E-state index in [4.69, 9.17) is 10.8 Å². The van der Waals surface area contributed by atoms with E-state index in [1.165, 1.54) is 0 Å². The Kier molecular flexibility index (Phi) is 3.92. The molecular formula is C10H14BrNO2. The van der Waals surface area contributed by atoms with Crippen molar-refractivity contribution in [2.45, 2.75) is 19.4 Å². The Morgan fingerprint density at radius 3 is 2.71 bits per heavy atom. The number of phenolic OH excluding ortho intramolecular Hbond substituents is 1.